The van der Waals surface area contributed by atoms with E-state index in [1.807, 2.05) is 0 Å². The lowest BCUT2D eigenvalue weighted by Gasteiger charge is -2.35. The van der Waals surface area contributed by atoms with Gasteiger partial charge >= 0.3 is 0 Å². The maximum Gasteiger partial charge on any atom is 0.191 e. The third-order valence-electron chi connectivity index (χ3n) is 5.57. The van der Waals surface area contributed by atoms with Crippen molar-refractivity contribution in [1.29, 1.82) is 0 Å². The quantitative estimate of drug-likeness (QED) is 0.464. The van der Waals surface area contributed by atoms with Crippen LogP contribution in [0.25, 0.3) is 0 Å². The first kappa shape index (κ1) is 23.5. The van der Waals surface area contributed by atoms with Crippen molar-refractivity contribution in [3.63, 3.8) is 0 Å². The molecule has 6 nitrogen and oxygen atoms in total. The van der Waals surface area contributed by atoms with Gasteiger partial charge in [-0.2, -0.15) is 0 Å². The number of ether oxygens (including phenoxy) is 1. The molecule has 0 aliphatic carbocycles. The summed E-state index contributed by atoms with van der Waals surface area (Å²) in [5, 5.41) is 6.84. The predicted octanol–water partition coefficient (Wildman–Crippen LogP) is 2.37. The number of nitrogens with one attached hydrogen (secondary N) is 2. The SMILES string of the molecule is CCNC(=NCC(C)CN1CCN(CC)CC1)NCCc1ccc(C)c(OC)c1. The Morgan fingerprint density at radius 3 is 2.52 bits per heavy atom. The minimum absolute atomic E-state index is 0.556. The Morgan fingerprint density at radius 1 is 1.14 bits per heavy atom. The van der Waals surface area contributed by atoms with Crippen LogP contribution in [0.4, 0.5) is 0 Å². The van der Waals surface area contributed by atoms with Crippen molar-refractivity contribution in [3.8, 4) is 5.75 Å². The number of aryl methyl sites for hydroxylation is 1. The van der Waals surface area contributed by atoms with Crippen LogP contribution in [-0.4, -0.2) is 81.8 Å². The third kappa shape index (κ3) is 8.23. The van der Waals surface area contributed by atoms with Gasteiger partial charge in [-0.15, -0.1) is 0 Å². The topological polar surface area (TPSA) is 52.1 Å². The maximum absolute atomic E-state index is 5.43. The van der Waals surface area contributed by atoms with Gasteiger partial charge in [0.2, 0.25) is 0 Å². The van der Waals surface area contributed by atoms with Crippen molar-refractivity contribution in [2.75, 3.05) is 66.0 Å². The smallest absolute Gasteiger partial charge is 0.191 e. The van der Waals surface area contributed by atoms with E-state index in [1.165, 1.54) is 43.9 Å². The largest absolute Gasteiger partial charge is 0.496 e. The molecule has 0 aromatic heterocycles. The zero-order valence-electron chi connectivity index (χ0n) is 19.1. The number of aliphatic imine (C=N–C) groups is 1. The number of guanidine groups is 1. The summed E-state index contributed by atoms with van der Waals surface area (Å²) >= 11 is 0. The highest BCUT2D eigenvalue weighted by molar-refractivity contribution is 5.79. The fourth-order valence-electron chi connectivity index (χ4n) is 3.72. The average molecular weight is 404 g/mol. The van der Waals surface area contributed by atoms with E-state index in [0.29, 0.717) is 5.92 Å². The molecule has 164 valence electrons. The van der Waals surface area contributed by atoms with Crippen LogP contribution in [0, 0.1) is 12.8 Å². The number of piperazine rings is 1. The Kier molecular flexibility index (Phi) is 10.3. The molecule has 2 N–H and O–H groups in total. The summed E-state index contributed by atoms with van der Waals surface area (Å²) in [7, 11) is 1.73. The van der Waals surface area contributed by atoms with E-state index in [-0.39, 0.29) is 0 Å². The minimum atomic E-state index is 0.556. The molecule has 1 atom stereocenters. The highest BCUT2D eigenvalue weighted by Crippen LogP contribution is 2.19. The lowest BCUT2D eigenvalue weighted by Crippen LogP contribution is -2.47. The van der Waals surface area contributed by atoms with E-state index in [2.05, 4.69) is 66.3 Å². The number of hydrogen-bond acceptors (Lipinski definition) is 4. The number of methoxy groups -OCH3 is 1. The number of hydrogen-bond donors (Lipinski definition) is 2. The lowest BCUT2D eigenvalue weighted by atomic mass is 10.1. The molecule has 29 heavy (non-hydrogen) atoms. The van der Waals surface area contributed by atoms with E-state index < -0.39 is 0 Å². The maximum atomic E-state index is 5.43. The van der Waals surface area contributed by atoms with Gasteiger partial charge in [0.05, 0.1) is 7.11 Å². The molecule has 0 spiro atoms. The molecule has 1 saturated heterocycles. The molecule has 6 heteroatoms. The molecule has 0 bridgehead atoms. The summed E-state index contributed by atoms with van der Waals surface area (Å²) in [6.07, 6.45) is 0.943. The van der Waals surface area contributed by atoms with Gasteiger partial charge in [0.25, 0.3) is 0 Å². The van der Waals surface area contributed by atoms with Gasteiger partial charge in [-0.1, -0.05) is 26.0 Å². The zero-order chi connectivity index (χ0) is 21.1. The van der Waals surface area contributed by atoms with E-state index in [4.69, 9.17) is 9.73 Å². The second-order valence-electron chi connectivity index (χ2n) is 8.04. The molecular formula is C23H41N5O. The molecule has 1 aliphatic heterocycles. The summed E-state index contributed by atoms with van der Waals surface area (Å²) in [4.78, 5) is 9.93. The van der Waals surface area contributed by atoms with Gasteiger partial charge in [-0.3, -0.25) is 4.99 Å². The molecule has 1 heterocycles. The first-order valence-corrected chi connectivity index (χ1v) is 11.2. The standard InChI is InChI=1S/C23H41N5O/c1-6-24-23(25-11-10-21-9-8-20(4)22(16-21)29-5)26-17-19(3)18-28-14-12-27(7-2)13-15-28/h8-9,16,19H,6-7,10-15,17-18H2,1-5H3,(H2,24,25,26). The van der Waals surface area contributed by atoms with Crippen LogP contribution in [0.15, 0.2) is 23.2 Å². The first-order valence-electron chi connectivity index (χ1n) is 11.2. The zero-order valence-corrected chi connectivity index (χ0v) is 19.1. The Labute approximate surface area is 177 Å². The average Bonchev–Trinajstić information content (AvgIpc) is 2.73. The number of likely N-dealkylation sites (N-methyl/N-ethyl adjacent to an activating group) is 1. The third-order valence-corrected chi connectivity index (χ3v) is 5.57. The molecular weight excluding hydrogens is 362 g/mol. The van der Waals surface area contributed by atoms with Gasteiger partial charge in [-0.05, 0) is 49.9 Å². The summed E-state index contributed by atoms with van der Waals surface area (Å²) in [5.41, 5.74) is 2.44. The van der Waals surface area contributed by atoms with Gasteiger partial charge in [0.1, 0.15) is 5.75 Å². The van der Waals surface area contributed by atoms with Crippen molar-refractivity contribution in [2.45, 2.75) is 34.1 Å². The van der Waals surface area contributed by atoms with E-state index >= 15 is 0 Å². The molecule has 1 aromatic rings. The second kappa shape index (κ2) is 12.7. The number of nitrogens with zero attached hydrogens (tertiary/aromatic N) is 3. The Bertz CT molecular complexity index is 626. The summed E-state index contributed by atoms with van der Waals surface area (Å²) in [6, 6.07) is 6.42. The molecule has 1 fully saturated rings. The van der Waals surface area contributed by atoms with Gasteiger partial charge in [0, 0.05) is 52.4 Å². The van der Waals surface area contributed by atoms with Crippen molar-refractivity contribution < 1.29 is 4.74 Å². The number of benzene rings is 1. The molecule has 0 amide bonds. The molecule has 0 radical (unpaired) electrons. The van der Waals surface area contributed by atoms with Crippen molar-refractivity contribution >= 4 is 5.96 Å². The first-order chi connectivity index (χ1) is 14.0. The predicted molar refractivity (Wildman–Crippen MR) is 123 cm³/mol. The molecule has 2 rings (SSSR count). The Balaban J connectivity index is 1.76. The van der Waals surface area contributed by atoms with Crippen LogP contribution in [-0.2, 0) is 6.42 Å². The summed E-state index contributed by atoms with van der Waals surface area (Å²) in [6.45, 7) is 18.4. The molecule has 1 unspecified atom stereocenters. The van der Waals surface area contributed by atoms with Gasteiger partial charge < -0.3 is 25.2 Å². The molecule has 1 aliphatic rings. The van der Waals surface area contributed by atoms with E-state index in [1.54, 1.807) is 7.11 Å². The van der Waals surface area contributed by atoms with Gasteiger partial charge in [-0.25, -0.2) is 0 Å². The van der Waals surface area contributed by atoms with E-state index in [0.717, 1.165) is 44.3 Å². The van der Waals surface area contributed by atoms with Crippen LogP contribution >= 0.6 is 0 Å². The van der Waals surface area contributed by atoms with Crippen LogP contribution in [0.5, 0.6) is 5.75 Å². The second-order valence-corrected chi connectivity index (χ2v) is 8.04. The van der Waals surface area contributed by atoms with Crippen molar-refractivity contribution in [3.05, 3.63) is 29.3 Å². The van der Waals surface area contributed by atoms with Crippen molar-refractivity contribution in [1.82, 2.24) is 20.4 Å². The highest BCUT2D eigenvalue weighted by atomic mass is 16.5. The molecule has 0 saturated carbocycles. The lowest BCUT2D eigenvalue weighted by molar-refractivity contribution is 0.125. The van der Waals surface area contributed by atoms with Gasteiger partial charge in [0.15, 0.2) is 5.96 Å². The molecule has 1 aromatic carbocycles. The number of rotatable bonds is 10. The van der Waals surface area contributed by atoms with Crippen LogP contribution < -0.4 is 15.4 Å². The van der Waals surface area contributed by atoms with E-state index in [9.17, 15) is 0 Å². The fraction of sp³-hybridized carbons (Fsp3) is 0.696. The highest BCUT2D eigenvalue weighted by Gasteiger charge is 2.17. The fourth-order valence-corrected chi connectivity index (χ4v) is 3.72. The monoisotopic (exact) mass is 403 g/mol. The summed E-state index contributed by atoms with van der Waals surface area (Å²) < 4.78 is 5.43. The van der Waals surface area contributed by atoms with Crippen LogP contribution in [0.3, 0.4) is 0 Å². The van der Waals surface area contributed by atoms with Crippen LogP contribution in [0.2, 0.25) is 0 Å². The normalized spacial score (nSPS) is 17.2. The van der Waals surface area contributed by atoms with Crippen LogP contribution in [0.1, 0.15) is 31.9 Å². The van der Waals surface area contributed by atoms with Crippen molar-refractivity contribution in [2.24, 2.45) is 10.9 Å². The summed E-state index contributed by atoms with van der Waals surface area (Å²) in [5.74, 6) is 2.42. The Morgan fingerprint density at radius 2 is 1.86 bits per heavy atom. The minimum Gasteiger partial charge on any atom is -0.496 e. The Hall–Kier alpha value is -1.79.